The molecule has 0 amide bonds. The molecule has 2 heteroatoms. The SMILES string of the molecule is CCC(=O)[C@@]12CCC3(C[C@H]1C)[C@@H]1CCC4=CC(=O)CCC4=C1CC[C@@]32C. The van der Waals surface area contributed by atoms with Gasteiger partial charge in [-0.3, -0.25) is 9.59 Å². The van der Waals surface area contributed by atoms with Crippen LogP contribution in [0, 0.1) is 28.1 Å². The zero-order chi connectivity index (χ0) is 18.3. The number of Topliss-reactive ketones (excluding diaryl/α,β-unsaturated/α-hetero) is 1. The van der Waals surface area contributed by atoms with Gasteiger partial charge >= 0.3 is 0 Å². The summed E-state index contributed by atoms with van der Waals surface area (Å²) >= 11 is 0. The Labute approximate surface area is 157 Å². The molecule has 26 heavy (non-hydrogen) atoms. The monoisotopic (exact) mass is 352 g/mol. The van der Waals surface area contributed by atoms with Gasteiger partial charge in [0.1, 0.15) is 5.78 Å². The molecule has 0 aromatic rings. The highest BCUT2D eigenvalue weighted by molar-refractivity contribution is 5.93. The fourth-order valence-electron chi connectivity index (χ4n) is 8.82. The molecule has 0 aliphatic heterocycles. The van der Waals surface area contributed by atoms with Gasteiger partial charge in [-0.15, -0.1) is 0 Å². The second kappa shape index (κ2) is 5.20. The molecule has 0 radical (unpaired) electrons. The second-order valence-electron chi connectivity index (χ2n) is 10.1. The van der Waals surface area contributed by atoms with Gasteiger partial charge in [0.05, 0.1) is 0 Å². The van der Waals surface area contributed by atoms with Crippen molar-refractivity contribution in [1.29, 1.82) is 0 Å². The zero-order valence-corrected chi connectivity index (χ0v) is 16.6. The molecule has 140 valence electrons. The first-order valence-electron chi connectivity index (χ1n) is 10.9. The molecule has 3 fully saturated rings. The largest absolute Gasteiger partial charge is 0.299 e. The summed E-state index contributed by atoms with van der Waals surface area (Å²) in [5.41, 5.74) is 5.07. The maximum Gasteiger partial charge on any atom is 0.156 e. The molecule has 1 unspecified atom stereocenters. The molecule has 0 N–H and O–H groups in total. The Balaban J connectivity index is 1.65. The van der Waals surface area contributed by atoms with Crippen LogP contribution in [0.2, 0.25) is 0 Å². The van der Waals surface area contributed by atoms with E-state index in [4.69, 9.17) is 0 Å². The zero-order valence-electron chi connectivity index (χ0n) is 16.6. The first-order chi connectivity index (χ1) is 12.4. The predicted octanol–water partition coefficient (Wildman–Crippen LogP) is 5.57. The Bertz CT molecular complexity index is 771. The Hall–Kier alpha value is -1.18. The Kier molecular flexibility index (Phi) is 3.39. The van der Waals surface area contributed by atoms with Gasteiger partial charge in [-0.25, -0.2) is 0 Å². The van der Waals surface area contributed by atoms with E-state index in [0.717, 1.165) is 25.7 Å². The predicted molar refractivity (Wildman–Crippen MR) is 103 cm³/mol. The van der Waals surface area contributed by atoms with Gasteiger partial charge in [0.2, 0.25) is 0 Å². The minimum Gasteiger partial charge on any atom is -0.299 e. The van der Waals surface area contributed by atoms with E-state index in [9.17, 15) is 9.59 Å². The normalized spacial score (nSPS) is 46.6. The van der Waals surface area contributed by atoms with Gasteiger partial charge in [0.25, 0.3) is 0 Å². The summed E-state index contributed by atoms with van der Waals surface area (Å²) in [6.07, 6.45) is 12.6. The number of rotatable bonds is 2. The summed E-state index contributed by atoms with van der Waals surface area (Å²) in [5, 5.41) is 0. The van der Waals surface area contributed by atoms with E-state index in [1.807, 2.05) is 6.08 Å². The van der Waals surface area contributed by atoms with Crippen molar-refractivity contribution >= 4 is 11.6 Å². The molecule has 5 atom stereocenters. The molecule has 0 spiro atoms. The third-order valence-electron chi connectivity index (χ3n) is 9.80. The molecular formula is C24H32O2. The van der Waals surface area contributed by atoms with E-state index in [-0.39, 0.29) is 10.8 Å². The van der Waals surface area contributed by atoms with Crippen molar-refractivity contribution < 1.29 is 9.59 Å². The number of hydrogen-bond acceptors (Lipinski definition) is 2. The lowest BCUT2D eigenvalue weighted by atomic mass is 9.48. The van der Waals surface area contributed by atoms with Crippen LogP contribution in [0.3, 0.4) is 0 Å². The van der Waals surface area contributed by atoms with Crippen molar-refractivity contribution in [2.45, 2.75) is 85.0 Å². The molecule has 2 nitrogen and oxygen atoms in total. The number of allylic oxidation sites excluding steroid dienone is 4. The van der Waals surface area contributed by atoms with Crippen LogP contribution in [0.25, 0.3) is 0 Å². The van der Waals surface area contributed by atoms with Gasteiger partial charge in [-0.1, -0.05) is 26.3 Å². The maximum absolute atomic E-state index is 13.2. The van der Waals surface area contributed by atoms with E-state index in [1.54, 1.807) is 11.1 Å². The van der Waals surface area contributed by atoms with E-state index in [1.165, 1.54) is 31.3 Å². The summed E-state index contributed by atoms with van der Waals surface area (Å²) in [7, 11) is 0. The van der Waals surface area contributed by atoms with Crippen LogP contribution in [-0.4, -0.2) is 11.6 Å². The second-order valence-corrected chi connectivity index (χ2v) is 10.1. The quantitative estimate of drug-likeness (QED) is 0.651. The van der Waals surface area contributed by atoms with Crippen molar-refractivity contribution in [2.75, 3.05) is 0 Å². The van der Waals surface area contributed by atoms with E-state index < -0.39 is 0 Å². The number of ketones is 2. The average molecular weight is 353 g/mol. The Morgan fingerprint density at radius 1 is 1.15 bits per heavy atom. The smallest absolute Gasteiger partial charge is 0.156 e. The van der Waals surface area contributed by atoms with Crippen molar-refractivity contribution in [3.8, 4) is 0 Å². The lowest BCUT2D eigenvalue weighted by Crippen LogP contribution is -2.50. The first kappa shape index (κ1) is 17.0. The molecule has 0 saturated heterocycles. The standard InChI is InChI=1S/C24H32O2/c1-4-21(26)24-12-11-23(14-15(24)2)20-8-5-16-13-17(25)6-7-18(16)19(20)9-10-22(23,24)3/h13,15,20H,4-12,14H2,1-3H3/t15-,20-,22+,23?,24-/m1/s1. The maximum atomic E-state index is 13.2. The molecule has 5 aliphatic rings. The van der Waals surface area contributed by atoms with Crippen LogP contribution >= 0.6 is 0 Å². The van der Waals surface area contributed by atoms with Gasteiger partial charge in [-0.2, -0.15) is 0 Å². The summed E-state index contributed by atoms with van der Waals surface area (Å²) in [5.74, 6) is 2.06. The van der Waals surface area contributed by atoms with Gasteiger partial charge in [-0.05, 0) is 91.3 Å². The van der Waals surface area contributed by atoms with Gasteiger partial charge < -0.3 is 0 Å². The van der Waals surface area contributed by atoms with Crippen LogP contribution in [0.1, 0.15) is 85.0 Å². The Morgan fingerprint density at radius 3 is 2.69 bits per heavy atom. The van der Waals surface area contributed by atoms with Crippen molar-refractivity contribution in [3.05, 3.63) is 22.8 Å². The first-order valence-corrected chi connectivity index (χ1v) is 10.9. The molecule has 0 aromatic heterocycles. The third kappa shape index (κ3) is 1.66. The van der Waals surface area contributed by atoms with E-state index in [2.05, 4.69) is 20.8 Å². The molecule has 5 aliphatic carbocycles. The molecule has 0 heterocycles. The van der Waals surface area contributed by atoms with Crippen molar-refractivity contribution in [1.82, 2.24) is 0 Å². The molecule has 0 aromatic carbocycles. The van der Waals surface area contributed by atoms with E-state index in [0.29, 0.717) is 41.7 Å². The fraction of sp³-hybridized carbons (Fsp3) is 0.750. The highest BCUT2D eigenvalue weighted by Crippen LogP contribution is 2.82. The lowest BCUT2D eigenvalue weighted by Gasteiger charge is -2.55. The summed E-state index contributed by atoms with van der Waals surface area (Å²) in [4.78, 5) is 25.1. The number of fused-ring (bicyclic) bond motifs is 2. The molecule has 3 saturated carbocycles. The molecular weight excluding hydrogens is 320 g/mol. The average Bonchev–Trinajstić information content (AvgIpc) is 3.01. The van der Waals surface area contributed by atoms with Crippen LogP contribution < -0.4 is 0 Å². The van der Waals surface area contributed by atoms with Crippen LogP contribution in [-0.2, 0) is 9.59 Å². The molecule has 2 bridgehead atoms. The van der Waals surface area contributed by atoms with Crippen LogP contribution in [0.5, 0.6) is 0 Å². The summed E-state index contributed by atoms with van der Waals surface area (Å²) < 4.78 is 0. The van der Waals surface area contributed by atoms with Crippen LogP contribution in [0.4, 0.5) is 0 Å². The highest BCUT2D eigenvalue weighted by Gasteiger charge is 2.76. The highest BCUT2D eigenvalue weighted by atomic mass is 16.1. The number of hydrogen-bond donors (Lipinski definition) is 0. The summed E-state index contributed by atoms with van der Waals surface area (Å²) in [6, 6.07) is 0. The third-order valence-corrected chi connectivity index (χ3v) is 9.80. The minimum absolute atomic E-state index is 0.0589. The number of carbonyl (C=O) groups is 2. The van der Waals surface area contributed by atoms with Crippen LogP contribution in [0.15, 0.2) is 22.8 Å². The van der Waals surface area contributed by atoms with Gasteiger partial charge in [0.15, 0.2) is 5.78 Å². The Morgan fingerprint density at radius 2 is 1.96 bits per heavy atom. The minimum atomic E-state index is -0.0589. The van der Waals surface area contributed by atoms with E-state index >= 15 is 0 Å². The van der Waals surface area contributed by atoms with Crippen molar-refractivity contribution in [3.63, 3.8) is 0 Å². The fourth-order valence-corrected chi connectivity index (χ4v) is 8.82. The molecule has 5 rings (SSSR count). The topological polar surface area (TPSA) is 34.1 Å². The lowest BCUT2D eigenvalue weighted by molar-refractivity contribution is -0.138. The summed E-state index contributed by atoms with van der Waals surface area (Å²) in [6.45, 7) is 6.94. The van der Waals surface area contributed by atoms with Crippen molar-refractivity contribution in [2.24, 2.45) is 28.1 Å². The number of carbonyl (C=O) groups excluding carboxylic acids is 2. The van der Waals surface area contributed by atoms with Gasteiger partial charge in [0, 0.05) is 18.3 Å².